The molecule has 0 saturated carbocycles. The summed E-state index contributed by atoms with van der Waals surface area (Å²) in [6, 6.07) is 9.50. The van der Waals surface area contributed by atoms with Crippen LogP contribution in [0.4, 0.5) is 0 Å². The second kappa shape index (κ2) is 9.15. The molecule has 1 aromatic rings. The average molecular weight is 303 g/mol. The second-order valence-electron chi connectivity index (χ2n) is 3.21. The molecule has 1 aromatic carbocycles. The Bertz CT molecular complexity index is 316. The molecule has 0 unspecified atom stereocenters. The first kappa shape index (κ1) is 14.2. The molecule has 1 rings (SSSR count). The molecule has 94 valence electrons. The van der Waals surface area contributed by atoms with Crippen molar-refractivity contribution in [1.82, 2.24) is 0 Å². The standard InChI is InChI=1S/C12H15BrO4/c13-6-7-15-10-16-9-12(14)17-8-11-4-2-1-3-5-11/h1-5H,6-10H2. The first-order chi connectivity index (χ1) is 8.33. The Morgan fingerprint density at radius 1 is 1.18 bits per heavy atom. The molecule has 0 bridgehead atoms. The van der Waals surface area contributed by atoms with Crippen molar-refractivity contribution in [2.45, 2.75) is 6.61 Å². The van der Waals surface area contributed by atoms with Gasteiger partial charge in [0.25, 0.3) is 0 Å². The lowest BCUT2D eigenvalue weighted by Gasteiger charge is -2.06. The van der Waals surface area contributed by atoms with Crippen LogP contribution >= 0.6 is 15.9 Å². The summed E-state index contributed by atoms with van der Waals surface area (Å²) in [5, 5.41) is 0.745. The van der Waals surface area contributed by atoms with Crippen molar-refractivity contribution in [3.8, 4) is 0 Å². The molecule has 0 radical (unpaired) electrons. The maximum absolute atomic E-state index is 11.2. The Morgan fingerprint density at radius 2 is 1.94 bits per heavy atom. The number of ether oxygens (including phenoxy) is 3. The van der Waals surface area contributed by atoms with Crippen molar-refractivity contribution in [2.75, 3.05) is 25.3 Å². The van der Waals surface area contributed by atoms with Crippen LogP contribution in [0.5, 0.6) is 0 Å². The van der Waals surface area contributed by atoms with Crippen LogP contribution in [0.2, 0.25) is 0 Å². The SMILES string of the molecule is O=C(COCOCCBr)OCc1ccccc1. The van der Waals surface area contributed by atoms with Gasteiger partial charge in [-0.2, -0.15) is 0 Å². The number of esters is 1. The largest absolute Gasteiger partial charge is 0.459 e. The van der Waals surface area contributed by atoms with Crippen molar-refractivity contribution < 1.29 is 19.0 Å². The number of carbonyl (C=O) groups excluding carboxylic acids is 1. The zero-order valence-electron chi connectivity index (χ0n) is 9.43. The highest BCUT2D eigenvalue weighted by Gasteiger charge is 2.03. The summed E-state index contributed by atoms with van der Waals surface area (Å²) in [5.41, 5.74) is 0.955. The summed E-state index contributed by atoms with van der Waals surface area (Å²) in [5.74, 6) is -0.392. The van der Waals surface area contributed by atoms with Gasteiger partial charge in [-0.3, -0.25) is 0 Å². The number of benzene rings is 1. The van der Waals surface area contributed by atoms with Crippen LogP contribution in [0.3, 0.4) is 0 Å². The van der Waals surface area contributed by atoms with Gasteiger partial charge in [0, 0.05) is 5.33 Å². The Morgan fingerprint density at radius 3 is 2.65 bits per heavy atom. The minimum atomic E-state index is -0.392. The Hall–Kier alpha value is -0.910. The van der Waals surface area contributed by atoms with E-state index < -0.39 is 5.97 Å². The first-order valence-corrected chi connectivity index (χ1v) is 6.36. The van der Waals surface area contributed by atoms with Gasteiger partial charge in [0.2, 0.25) is 0 Å². The molecule has 4 nitrogen and oxygen atoms in total. The van der Waals surface area contributed by atoms with Gasteiger partial charge >= 0.3 is 5.97 Å². The van der Waals surface area contributed by atoms with Crippen molar-refractivity contribution >= 4 is 21.9 Å². The minimum absolute atomic E-state index is 0.0882. The summed E-state index contributed by atoms with van der Waals surface area (Å²) in [6.45, 7) is 0.839. The highest BCUT2D eigenvalue weighted by atomic mass is 79.9. The van der Waals surface area contributed by atoms with Crippen LogP contribution in [-0.2, 0) is 25.6 Å². The fourth-order valence-corrected chi connectivity index (χ4v) is 1.31. The minimum Gasteiger partial charge on any atom is -0.459 e. The normalized spacial score (nSPS) is 10.2. The molecule has 0 heterocycles. The van der Waals surface area contributed by atoms with E-state index in [0.29, 0.717) is 6.61 Å². The number of alkyl halides is 1. The van der Waals surface area contributed by atoms with E-state index in [1.807, 2.05) is 30.3 Å². The number of hydrogen-bond acceptors (Lipinski definition) is 4. The summed E-state index contributed by atoms with van der Waals surface area (Å²) >= 11 is 3.21. The molecule has 0 aliphatic heterocycles. The number of rotatable bonds is 8. The quantitative estimate of drug-likeness (QED) is 0.319. The number of carbonyl (C=O) groups is 1. The number of hydrogen-bond donors (Lipinski definition) is 0. The monoisotopic (exact) mass is 302 g/mol. The molecule has 5 heteroatoms. The Labute approximate surface area is 109 Å². The third-order valence-corrected chi connectivity index (χ3v) is 2.17. The first-order valence-electron chi connectivity index (χ1n) is 5.24. The van der Waals surface area contributed by atoms with E-state index in [2.05, 4.69) is 15.9 Å². The van der Waals surface area contributed by atoms with Crippen molar-refractivity contribution in [3.63, 3.8) is 0 Å². The fraction of sp³-hybridized carbons (Fsp3) is 0.417. The molecule has 0 spiro atoms. The Balaban J connectivity index is 2.05. The van der Waals surface area contributed by atoms with Crippen LogP contribution in [0.25, 0.3) is 0 Å². The van der Waals surface area contributed by atoms with Crippen LogP contribution in [-0.4, -0.2) is 31.3 Å². The smallest absolute Gasteiger partial charge is 0.332 e. The van der Waals surface area contributed by atoms with Crippen molar-refractivity contribution in [3.05, 3.63) is 35.9 Å². The fourth-order valence-electron chi connectivity index (χ4n) is 1.08. The van der Waals surface area contributed by atoms with Gasteiger partial charge in [-0.05, 0) is 5.56 Å². The predicted octanol–water partition coefficient (Wildman–Crippen LogP) is 2.12. The molecule has 0 atom stereocenters. The lowest BCUT2D eigenvalue weighted by Crippen LogP contribution is -2.14. The predicted molar refractivity (Wildman–Crippen MR) is 66.8 cm³/mol. The summed E-state index contributed by atoms with van der Waals surface area (Å²) < 4.78 is 15.0. The van der Waals surface area contributed by atoms with Crippen molar-refractivity contribution in [1.29, 1.82) is 0 Å². The lowest BCUT2D eigenvalue weighted by molar-refractivity contribution is -0.155. The van der Waals surface area contributed by atoms with Crippen LogP contribution < -0.4 is 0 Å². The molecule has 0 aliphatic carbocycles. The van der Waals surface area contributed by atoms with E-state index in [9.17, 15) is 4.79 Å². The molecule has 0 aromatic heterocycles. The van der Waals surface area contributed by atoms with Gasteiger partial charge in [0.15, 0.2) is 0 Å². The molecule has 0 saturated heterocycles. The molecule has 0 aliphatic rings. The van der Waals surface area contributed by atoms with Gasteiger partial charge in [-0.15, -0.1) is 0 Å². The topological polar surface area (TPSA) is 44.8 Å². The summed E-state index contributed by atoms with van der Waals surface area (Å²) in [4.78, 5) is 11.2. The maximum atomic E-state index is 11.2. The molecular formula is C12H15BrO4. The molecule has 0 N–H and O–H groups in total. The zero-order valence-corrected chi connectivity index (χ0v) is 11.0. The van der Waals surface area contributed by atoms with Gasteiger partial charge < -0.3 is 14.2 Å². The van der Waals surface area contributed by atoms with Gasteiger partial charge in [-0.25, -0.2) is 4.79 Å². The maximum Gasteiger partial charge on any atom is 0.332 e. The summed E-state index contributed by atoms with van der Waals surface area (Å²) in [7, 11) is 0. The van der Waals surface area contributed by atoms with E-state index in [1.54, 1.807) is 0 Å². The van der Waals surface area contributed by atoms with E-state index in [-0.39, 0.29) is 20.0 Å². The van der Waals surface area contributed by atoms with E-state index in [4.69, 9.17) is 14.2 Å². The third kappa shape index (κ3) is 7.10. The Kier molecular flexibility index (Phi) is 7.62. The van der Waals surface area contributed by atoms with Crippen molar-refractivity contribution in [2.24, 2.45) is 0 Å². The van der Waals surface area contributed by atoms with Gasteiger partial charge in [0.1, 0.15) is 20.0 Å². The second-order valence-corrected chi connectivity index (χ2v) is 4.00. The van der Waals surface area contributed by atoms with Crippen LogP contribution in [0.1, 0.15) is 5.56 Å². The lowest BCUT2D eigenvalue weighted by atomic mass is 10.2. The van der Waals surface area contributed by atoms with E-state index in [0.717, 1.165) is 10.9 Å². The highest BCUT2D eigenvalue weighted by Crippen LogP contribution is 2.00. The van der Waals surface area contributed by atoms with Gasteiger partial charge in [0.05, 0.1) is 6.61 Å². The zero-order chi connectivity index (χ0) is 12.3. The van der Waals surface area contributed by atoms with Crippen LogP contribution in [0, 0.1) is 0 Å². The van der Waals surface area contributed by atoms with Crippen LogP contribution in [0.15, 0.2) is 30.3 Å². The van der Waals surface area contributed by atoms with E-state index >= 15 is 0 Å². The third-order valence-electron chi connectivity index (χ3n) is 1.85. The molecule has 17 heavy (non-hydrogen) atoms. The molecular weight excluding hydrogens is 288 g/mol. The average Bonchev–Trinajstić information content (AvgIpc) is 2.37. The van der Waals surface area contributed by atoms with E-state index in [1.165, 1.54) is 0 Å². The molecule has 0 amide bonds. The highest BCUT2D eigenvalue weighted by molar-refractivity contribution is 9.09. The summed E-state index contributed by atoms with van der Waals surface area (Å²) in [6.07, 6.45) is 0. The molecule has 0 fully saturated rings. The van der Waals surface area contributed by atoms with Gasteiger partial charge in [-0.1, -0.05) is 46.3 Å². The number of halogens is 1.